The molecule has 0 radical (unpaired) electrons. The topological polar surface area (TPSA) is 125 Å². The van der Waals surface area contributed by atoms with E-state index in [1.165, 1.54) is 21.6 Å². The molecule has 3 N–H and O–H groups in total. The Morgan fingerprint density at radius 3 is 1.82 bits per heavy atom. The second kappa shape index (κ2) is 14.6. The minimum atomic E-state index is -0.332. The first-order chi connectivity index (χ1) is 19.1. The van der Waals surface area contributed by atoms with Crippen molar-refractivity contribution in [1.82, 2.24) is 0 Å². The van der Waals surface area contributed by atoms with Crippen LogP contribution < -0.4 is 16.2 Å². The number of amides is 2. The maximum absolute atomic E-state index is 12.7. The summed E-state index contributed by atoms with van der Waals surface area (Å²) in [6, 6.07) is 32.8. The van der Waals surface area contributed by atoms with Gasteiger partial charge in [0.05, 0.1) is 34.3 Å². The van der Waals surface area contributed by atoms with Gasteiger partial charge >= 0.3 is 0 Å². The molecule has 39 heavy (non-hydrogen) atoms. The Labute approximate surface area is 234 Å². The van der Waals surface area contributed by atoms with Crippen molar-refractivity contribution in [3.05, 3.63) is 109 Å². The predicted molar refractivity (Wildman–Crippen MR) is 159 cm³/mol. The summed E-state index contributed by atoms with van der Waals surface area (Å²) in [5, 5.41) is 20.8. The average molecular weight is 556 g/mol. The smallest absolute Gasteiger partial charge is 0.252 e. The second-order valence-electron chi connectivity index (χ2n) is 7.91. The van der Waals surface area contributed by atoms with Crippen LogP contribution in [0.4, 0.5) is 34.1 Å². The number of carbonyl (C=O) groups excluding carboxylic acids is 2. The molecule has 0 heterocycles. The number of nitrogens with zero attached hydrogens (tertiary/aromatic N) is 5. The van der Waals surface area contributed by atoms with Crippen LogP contribution in [0.1, 0.15) is 0 Å². The van der Waals surface area contributed by atoms with Crippen molar-refractivity contribution in [2.45, 2.75) is 0 Å². The Bertz CT molecular complexity index is 1450. The van der Waals surface area contributed by atoms with Crippen LogP contribution in [0.2, 0.25) is 0 Å². The molecule has 0 aliphatic rings. The summed E-state index contributed by atoms with van der Waals surface area (Å²) in [7, 11) is 2.49. The molecule has 196 valence electrons. The molecule has 0 saturated heterocycles. The van der Waals surface area contributed by atoms with Crippen LogP contribution in [-0.4, -0.2) is 23.3 Å². The van der Waals surface area contributed by atoms with Gasteiger partial charge in [-0.1, -0.05) is 82.3 Å². The maximum atomic E-state index is 12.7. The maximum Gasteiger partial charge on any atom is 0.252 e. The van der Waals surface area contributed by atoms with Crippen molar-refractivity contribution < 1.29 is 9.59 Å². The van der Waals surface area contributed by atoms with Crippen molar-refractivity contribution in [3.63, 3.8) is 0 Å². The number of para-hydroxylation sites is 2. The van der Waals surface area contributed by atoms with Gasteiger partial charge in [0.2, 0.25) is 5.91 Å². The van der Waals surface area contributed by atoms with Crippen LogP contribution in [0.3, 0.4) is 0 Å². The Hall–Kier alpha value is -4.32. The number of nitrogens with one attached hydrogen (secondary N) is 1. The van der Waals surface area contributed by atoms with Crippen LogP contribution in [0.15, 0.2) is 130 Å². The lowest BCUT2D eigenvalue weighted by Gasteiger charge is -2.17. The molecule has 9 nitrogen and oxygen atoms in total. The first-order valence-electron chi connectivity index (χ1n) is 11.8. The third kappa shape index (κ3) is 8.60. The molecule has 4 aromatic rings. The minimum absolute atomic E-state index is 0.0699. The standard InChI is InChI=1S/C28H25N7O2S2/c29-35(26-18-10-9-17-25(26)34-32-22-13-5-2-6-14-22)28(37)20-39-38-19-27(36)30-23-15-7-8-16-24(23)33-31-21-11-3-1-4-12-21/h1-18H,19-20,29H2,(H,30,36)/b33-31+,34-32+. The first kappa shape index (κ1) is 27.7. The molecule has 0 atom stereocenters. The molecule has 0 bridgehead atoms. The highest BCUT2D eigenvalue weighted by molar-refractivity contribution is 8.77. The van der Waals surface area contributed by atoms with Crippen molar-refractivity contribution >= 4 is 67.5 Å². The van der Waals surface area contributed by atoms with Gasteiger partial charge in [-0.3, -0.25) is 9.59 Å². The Kier molecular flexibility index (Phi) is 10.4. The number of hydrogen-bond acceptors (Lipinski definition) is 9. The third-order valence-corrected chi connectivity index (χ3v) is 7.22. The Morgan fingerprint density at radius 1 is 0.641 bits per heavy atom. The Morgan fingerprint density at radius 2 is 1.15 bits per heavy atom. The van der Waals surface area contributed by atoms with Gasteiger partial charge in [-0.2, -0.15) is 10.2 Å². The largest absolute Gasteiger partial charge is 0.323 e. The summed E-state index contributed by atoms with van der Waals surface area (Å²) in [4.78, 5) is 25.2. The quantitative estimate of drug-likeness (QED) is 0.0489. The monoisotopic (exact) mass is 555 g/mol. The highest BCUT2D eigenvalue weighted by atomic mass is 33.1. The van der Waals surface area contributed by atoms with E-state index in [0.717, 1.165) is 5.01 Å². The van der Waals surface area contributed by atoms with Crippen molar-refractivity contribution in [3.8, 4) is 0 Å². The number of nitrogens with two attached hydrogens (primary N) is 1. The average Bonchev–Trinajstić information content (AvgIpc) is 2.98. The van der Waals surface area contributed by atoms with E-state index in [1.54, 1.807) is 36.4 Å². The molecule has 4 aromatic carbocycles. The summed E-state index contributed by atoms with van der Waals surface area (Å²) in [6.45, 7) is 0. The van der Waals surface area contributed by atoms with E-state index in [-0.39, 0.29) is 23.3 Å². The summed E-state index contributed by atoms with van der Waals surface area (Å²) in [6.07, 6.45) is 0. The van der Waals surface area contributed by atoms with Gasteiger partial charge < -0.3 is 5.32 Å². The predicted octanol–water partition coefficient (Wildman–Crippen LogP) is 7.74. The van der Waals surface area contributed by atoms with E-state index in [2.05, 4.69) is 25.8 Å². The van der Waals surface area contributed by atoms with Crippen molar-refractivity contribution in [2.24, 2.45) is 26.3 Å². The molecular weight excluding hydrogens is 530 g/mol. The lowest BCUT2D eigenvalue weighted by Crippen LogP contribution is -2.38. The fourth-order valence-electron chi connectivity index (χ4n) is 3.21. The van der Waals surface area contributed by atoms with Crippen LogP contribution in [-0.2, 0) is 9.59 Å². The number of anilines is 2. The summed E-state index contributed by atoms with van der Waals surface area (Å²) < 4.78 is 0. The van der Waals surface area contributed by atoms with Gasteiger partial charge in [-0.05, 0) is 48.5 Å². The van der Waals surface area contributed by atoms with Gasteiger partial charge in [-0.15, -0.1) is 10.2 Å². The van der Waals surface area contributed by atoms with E-state index in [0.29, 0.717) is 34.1 Å². The van der Waals surface area contributed by atoms with Gasteiger partial charge in [-0.25, -0.2) is 10.9 Å². The lowest BCUT2D eigenvalue weighted by molar-refractivity contribution is -0.116. The lowest BCUT2D eigenvalue weighted by atomic mass is 10.2. The molecule has 11 heteroatoms. The fourth-order valence-corrected chi connectivity index (χ4v) is 4.92. The summed E-state index contributed by atoms with van der Waals surface area (Å²) >= 11 is 0. The first-order valence-corrected chi connectivity index (χ1v) is 14.3. The fraction of sp³-hybridized carbons (Fsp3) is 0.0714. The molecule has 0 unspecified atom stereocenters. The number of rotatable bonds is 11. The number of carbonyl (C=O) groups is 2. The number of hydrogen-bond donors (Lipinski definition) is 2. The van der Waals surface area contributed by atoms with E-state index >= 15 is 0 Å². The van der Waals surface area contributed by atoms with Crippen molar-refractivity contribution in [1.29, 1.82) is 0 Å². The zero-order valence-electron chi connectivity index (χ0n) is 20.8. The molecule has 0 aliphatic heterocycles. The highest BCUT2D eigenvalue weighted by Crippen LogP contribution is 2.31. The molecule has 2 amide bonds. The second-order valence-corrected chi connectivity index (χ2v) is 10.4. The van der Waals surface area contributed by atoms with Crippen molar-refractivity contribution in [2.75, 3.05) is 21.8 Å². The molecule has 0 aromatic heterocycles. The zero-order chi connectivity index (χ0) is 27.3. The normalized spacial score (nSPS) is 11.1. The van der Waals surface area contributed by atoms with Crippen LogP contribution >= 0.6 is 21.6 Å². The number of hydrazine groups is 1. The molecule has 0 fully saturated rings. The third-order valence-electron chi connectivity index (χ3n) is 5.10. The van der Waals surface area contributed by atoms with Gasteiger partial charge in [0, 0.05) is 0 Å². The van der Waals surface area contributed by atoms with Crippen LogP contribution in [0.25, 0.3) is 0 Å². The van der Waals surface area contributed by atoms with E-state index < -0.39 is 0 Å². The molecule has 0 spiro atoms. The molecule has 4 rings (SSSR count). The molecular formula is C28H25N7O2S2. The van der Waals surface area contributed by atoms with E-state index in [4.69, 9.17) is 5.84 Å². The van der Waals surface area contributed by atoms with Crippen LogP contribution in [0, 0.1) is 0 Å². The minimum Gasteiger partial charge on any atom is -0.323 e. The summed E-state index contributed by atoms with van der Waals surface area (Å²) in [5.41, 5.74) is 3.41. The van der Waals surface area contributed by atoms with E-state index in [1.807, 2.05) is 72.8 Å². The van der Waals surface area contributed by atoms with Crippen LogP contribution in [0.5, 0.6) is 0 Å². The van der Waals surface area contributed by atoms with Gasteiger partial charge in [0.1, 0.15) is 11.4 Å². The zero-order valence-corrected chi connectivity index (χ0v) is 22.4. The number of azo groups is 2. The highest BCUT2D eigenvalue weighted by Gasteiger charge is 2.16. The molecule has 0 aliphatic carbocycles. The Balaban J connectivity index is 1.26. The SMILES string of the molecule is NN(C(=O)CSSCC(=O)Nc1ccccc1/N=N/c1ccccc1)c1ccccc1/N=N/c1ccccc1. The van der Waals surface area contributed by atoms with Gasteiger partial charge in [0.25, 0.3) is 5.91 Å². The van der Waals surface area contributed by atoms with E-state index in [9.17, 15) is 9.59 Å². The van der Waals surface area contributed by atoms with Gasteiger partial charge in [0.15, 0.2) is 0 Å². The number of benzene rings is 4. The summed E-state index contributed by atoms with van der Waals surface area (Å²) in [5.74, 6) is 5.75. The molecule has 0 saturated carbocycles.